The van der Waals surface area contributed by atoms with Crippen molar-refractivity contribution in [1.82, 2.24) is 10.6 Å². The van der Waals surface area contributed by atoms with Gasteiger partial charge in [0.2, 0.25) is 5.91 Å². The summed E-state index contributed by atoms with van der Waals surface area (Å²) in [5.74, 6) is -0.572. The smallest absolute Gasteiger partial charge is 0.407 e. The van der Waals surface area contributed by atoms with E-state index in [0.717, 1.165) is 24.0 Å². The summed E-state index contributed by atoms with van der Waals surface area (Å²) >= 11 is 0. The summed E-state index contributed by atoms with van der Waals surface area (Å²) in [6, 6.07) is 16.3. The third-order valence-electron chi connectivity index (χ3n) is 6.62. The van der Waals surface area contributed by atoms with Crippen LogP contribution in [-0.2, 0) is 19.1 Å². The van der Waals surface area contributed by atoms with E-state index in [2.05, 4.69) is 34.9 Å². The molecule has 0 bridgehead atoms. The first-order valence-electron chi connectivity index (χ1n) is 12.2. The van der Waals surface area contributed by atoms with Gasteiger partial charge in [0.25, 0.3) is 0 Å². The van der Waals surface area contributed by atoms with E-state index in [4.69, 9.17) is 14.6 Å². The van der Waals surface area contributed by atoms with Crippen LogP contribution in [0.4, 0.5) is 4.79 Å². The van der Waals surface area contributed by atoms with Gasteiger partial charge in [-0.1, -0.05) is 48.5 Å². The average molecular weight is 481 g/mol. The Bertz CT molecular complexity index is 1010. The fraction of sp³-hybridized carbons (Fsp3) is 0.444. The zero-order valence-corrected chi connectivity index (χ0v) is 19.7. The molecule has 8 heteroatoms. The first kappa shape index (κ1) is 24.7. The number of amides is 2. The first-order valence-corrected chi connectivity index (χ1v) is 12.2. The minimum atomic E-state index is -0.830. The Labute approximate surface area is 205 Å². The van der Waals surface area contributed by atoms with Crippen molar-refractivity contribution < 1.29 is 29.0 Å². The van der Waals surface area contributed by atoms with Gasteiger partial charge in [-0.2, -0.15) is 0 Å². The Morgan fingerprint density at radius 2 is 1.60 bits per heavy atom. The number of fused-ring (bicyclic) bond motifs is 3. The standard InChI is InChI=1S/C27H32N2O6/c30-25(29-16-19(15-26(31)32)18-9-10-18)11-13-34-14-12-28-27(33)35-17-24-22-7-3-1-5-20(22)21-6-2-4-8-23(21)24/h1-8,18-19,24H,9-17H2,(H,28,33)(H,29,30)(H,31,32). The molecule has 1 fully saturated rings. The number of alkyl carbamates (subject to hydrolysis) is 1. The number of aliphatic carboxylic acids is 1. The van der Waals surface area contributed by atoms with Crippen LogP contribution in [0.3, 0.4) is 0 Å². The lowest BCUT2D eigenvalue weighted by molar-refractivity contribution is -0.138. The number of hydrogen-bond donors (Lipinski definition) is 3. The number of carbonyl (C=O) groups is 3. The second kappa shape index (κ2) is 11.8. The highest BCUT2D eigenvalue weighted by Gasteiger charge is 2.32. The van der Waals surface area contributed by atoms with Crippen LogP contribution < -0.4 is 10.6 Å². The molecule has 0 aromatic heterocycles. The number of rotatable bonds is 13. The third-order valence-corrected chi connectivity index (χ3v) is 6.62. The fourth-order valence-electron chi connectivity index (χ4n) is 4.67. The highest BCUT2D eigenvalue weighted by atomic mass is 16.5. The quantitative estimate of drug-likeness (QED) is 0.378. The van der Waals surface area contributed by atoms with E-state index in [0.29, 0.717) is 12.5 Å². The normalized spacial score (nSPS) is 15.1. The number of hydrogen-bond acceptors (Lipinski definition) is 5. The zero-order valence-electron chi connectivity index (χ0n) is 19.7. The van der Waals surface area contributed by atoms with E-state index in [-0.39, 0.29) is 57.0 Å². The molecule has 0 aliphatic heterocycles. The van der Waals surface area contributed by atoms with Gasteiger partial charge in [0, 0.05) is 25.4 Å². The Kier molecular flexibility index (Phi) is 8.36. The van der Waals surface area contributed by atoms with E-state index < -0.39 is 12.1 Å². The predicted octanol–water partition coefficient (Wildman–Crippen LogP) is 3.55. The monoisotopic (exact) mass is 480 g/mol. The van der Waals surface area contributed by atoms with Crippen molar-refractivity contribution in [1.29, 1.82) is 0 Å². The van der Waals surface area contributed by atoms with E-state index >= 15 is 0 Å². The SMILES string of the molecule is O=C(O)CC(CNC(=O)CCOCCNC(=O)OCC1c2ccccc2-c2ccccc21)C1CC1. The average Bonchev–Trinajstić information content (AvgIpc) is 3.65. The molecule has 35 heavy (non-hydrogen) atoms. The van der Waals surface area contributed by atoms with Crippen molar-refractivity contribution in [3.05, 3.63) is 59.7 Å². The molecule has 2 aromatic rings. The maximum atomic E-state index is 12.2. The number of ether oxygens (including phenoxy) is 2. The van der Waals surface area contributed by atoms with Gasteiger partial charge in [-0.3, -0.25) is 9.59 Å². The van der Waals surface area contributed by atoms with E-state index in [1.807, 2.05) is 24.3 Å². The lowest BCUT2D eigenvalue weighted by Crippen LogP contribution is -2.32. The number of nitrogens with one attached hydrogen (secondary N) is 2. The van der Waals surface area contributed by atoms with Gasteiger partial charge in [0.15, 0.2) is 0 Å². The summed E-state index contributed by atoms with van der Waals surface area (Å²) in [4.78, 5) is 35.1. The molecule has 186 valence electrons. The van der Waals surface area contributed by atoms with Crippen LogP contribution in [0.1, 0.15) is 42.7 Å². The van der Waals surface area contributed by atoms with Crippen LogP contribution in [0.5, 0.6) is 0 Å². The van der Waals surface area contributed by atoms with E-state index in [9.17, 15) is 14.4 Å². The van der Waals surface area contributed by atoms with Crippen LogP contribution in [0.25, 0.3) is 11.1 Å². The van der Waals surface area contributed by atoms with E-state index in [1.165, 1.54) is 11.1 Å². The van der Waals surface area contributed by atoms with Gasteiger partial charge in [0.05, 0.1) is 19.6 Å². The molecule has 2 aliphatic rings. The molecule has 0 radical (unpaired) electrons. The number of carboxylic acid groups (broad SMARTS) is 1. The van der Waals surface area contributed by atoms with Gasteiger partial charge < -0.3 is 25.2 Å². The second-order valence-electron chi connectivity index (χ2n) is 9.11. The first-order chi connectivity index (χ1) is 17.0. The molecule has 1 atom stereocenters. The van der Waals surface area contributed by atoms with Gasteiger partial charge in [-0.05, 0) is 46.9 Å². The van der Waals surface area contributed by atoms with Crippen molar-refractivity contribution >= 4 is 18.0 Å². The Balaban J connectivity index is 1.09. The maximum absolute atomic E-state index is 12.2. The van der Waals surface area contributed by atoms with Crippen molar-refractivity contribution in [3.8, 4) is 11.1 Å². The van der Waals surface area contributed by atoms with Crippen molar-refractivity contribution in [2.45, 2.75) is 31.6 Å². The van der Waals surface area contributed by atoms with Crippen LogP contribution >= 0.6 is 0 Å². The van der Waals surface area contributed by atoms with Crippen LogP contribution in [0, 0.1) is 11.8 Å². The molecule has 0 heterocycles. The molecule has 2 aliphatic carbocycles. The van der Waals surface area contributed by atoms with Gasteiger partial charge in [-0.25, -0.2) is 4.79 Å². The topological polar surface area (TPSA) is 114 Å². The third kappa shape index (κ3) is 6.82. The van der Waals surface area contributed by atoms with Crippen LogP contribution in [-0.4, -0.2) is 56.0 Å². The highest BCUT2D eigenvalue weighted by Crippen LogP contribution is 2.44. The summed E-state index contributed by atoms with van der Waals surface area (Å²) in [7, 11) is 0. The molecular weight excluding hydrogens is 448 g/mol. The Hall–Kier alpha value is -3.39. The lowest BCUT2D eigenvalue weighted by atomic mass is 9.98. The van der Waals surface area contributed by atoms with Gasteiger partial charge in [-0.15, -0.1) is 0 Å². The molecule has 8 nitrogen and oxygen atoms in total. The second-order valence-corrected chi connectivity index (χ2v) is 9.11. The van der Waals surface area contributed by atoms with Crippen molar-refractivity contribution in [2.24, 2.45) is 11.8 Å². The zero-order chi connectivity index (χ0) is 24.6. The Morgan fingerprint density at radius 1 is 0.943 bits per heavy atom. The number of carboxylic acids is 1. The van der Waals surface area contributed by atoms with E-state index in [1.54, 1.807) is 0 Å². The summed E-state index contributed by atoms with van der Waals surface area (Å²) in [5.41, 5.74) is 4.68. The molecule has 0 spiro atoms. The highest BCUT2D eigenvalue weighted by molar-refractivity contribution is 5.79. The number of benzene rings is 2. The molecule has 3 N–H and O–H groups in total. The predicted molar refractivity (Wildman–Crippen MR) is 130 cm³/mol. The molecule has 2 amide bonds. The van der Waals surface area contributed by atoms with Crippen LogP contribution in [0.15, 0.2) is 48.5 Å². The van der Waals surface area contributed by atoms with Crippen molar-refractivity contribution in [3.63, 3.8) is 0 Å². The van der Waals surface area contributed by atoms with Gasteiger partial charge in [0.1, 0.15) is 6.61 Å². The minimum absolute atomic E-state index is 0.00114. The molecule has 0 saturated heterocycles. The maximum Gasteiger partial charge on any atom is 0.407 e. The van der Waals surface area contributed by atoms with Gasteiger partial charge >= 0.3 is 12.1 Å². The fourth-order valence-corrected chi connectivity index (χ4v) is 4.67. The molecule has 1 unspecified atom stereocenters. The van der Waals surface area contributed by atoms with Crippen LogP contribution in [0.2, 0.25) is 0 Å². The molecule has 2 aromatic carbocycles. The minimum Gasteiger partial charge on any atom is -0.481 e. The number of carbonyl (C=O) groups excluding carboxylic acids is 2. The summed E-state index contributed by atoms with van der Waals surface area (Å²) in [5, 5.41) is 14.5. The molecular formula is C27H32N2O6. The largest absolute Gasteiger partial charge is 0.481 e. The van der Waals surface area contributed by atoms with Crippen molar-refractivity contribution in [2.75, 3.05) is 32.9 Å². The lowest BCUT2D eigenvalue weighted by Gasteiger charge is -2.15. The summed E-state index contributed by atoms with van der Waals surface area (Å²) in [6.07, 6.45) is 1.84. The Morgan fingerprint density at radius 3 is 2.23 bits per heavy atom. The summed E-state index contributed by atoms with van der Waals surface area (Å²) < 4.78 is 10.9. The summed E-state index contributed by atoms with van der Waals surface area (Å²) in [6.45, 7) is 1.41. The molecule has 1 saturated carbocycles. The molecule has 4 rings (SSSR count).